The van der Waals surface area contributed by atoms with Gasteiger partial charge in [-0.05, 0) is 5.56 Å². The van der Waals surface area contributed by atoms with Crippen LogP contribution in [0.4, 0.5) is 0 Å². The molecule has 0 fully saturated rings. The summed E-state index contributed by atoms with van der Waals surface area (Å²) in [6.45, 7) is 3.05. The Morgan fingerprint density at radius 1 is 1.27 bits per heavy atom. The van der Waals surface area contributed by atoms with Gasteiger partial charge >= 0.3 is 0 Å². The molecular weight excluding hydrogens is 296 g/mol. The Kier molecular flexibility index (Phi) is 4.36. The molecule has 0 bridgehead atoms. The zero-order chi connectivity index (χ0) is 15.5. The van der Waals surface area contributed by atoms with Crippen LogP contribution in [0.2, 0.25) is 0 Å². The summed E-state index contributed by atoms with van der Waals surface area (Å²) in [5.74, 6) is 0.816. The number of aryl methyl sites for hydroxylation is 1. The maximum atomic E-state index is 12.9. The van der Waals surface area contributed by atoms with Crippen molar-refractivity contribution < 1.29 is 4.74 Å². The molecule has 0 aliphatic carbocycles. The number of benzene rings is 1. The van der Waals surface area contributed by atoms with Gasteiger partial charge in [0.1, 0.15) is 10.7 Å². The minimum absolute atomic E-state index is 0.0269. The van der Waals surface area contributed by atoms with Gasteiger partial charge in [-0.15, -0.1) is 11.3 Å². The lowest BCUT2D eigenvalue weighted by Crippen LogP contribution is -2.26. The average molecular weight is 314 g/mol. The molecule has 4 nitrogen and oxygen atoms in total. The SMILES string of the molecule is CCc1nc2scc(-c3ccccc3)c2c(=O)n1CCOC. The zero-order valence-corrected chi connectivity index (χ0v) is 13.5. The first kappa shape index (κ1) is 14.9. The quantitative estimate of drug-likeness (QED) is 0.725. The summed E-state index contributed by atoms with van der Waals surface area (Å²) < 4.78 is 6.86. The summed E-state index contributed by atoms with van der Waals surface area (Å²) in [4.78, 5) is 18.4. The van der Waals surface area contributed by atoms with Gasteiger partial charge in [0.05, 0.1) is 18.5 Å². The molecule has 5 heteroatoms. The highest BCUT2D eigenvalue weighted by atomic mass is 32.1. The number of hydrogen-bond acceptors (Lipinski definition) is 4. The monoisotopic (exact) mass is 314 g/mol. The third kappa shape index (κ3) is 2.58. The van der Waals surface area contributed by atoms with Gasteiger partial charge in [-0.3, -0.25) is 9.36 Å². The summed E-state index contributed by atoms with van der Waals surface area (Å²) in [5.41, 5.74) is 2.04. The molecule has 0 aliphatic heterocycles. The maximum Gasteiger partial charge on any atom is 0.262 e. The van der Waals surface area contributed by atoms with E-state index in [0.717, 1.165) is 28.2 Å². The highest BCUT2D eigenvalue weighted by Gasteiger charge is 2.16. The van der Waals surface area contributed by atoms with E-state index in [2.05, 4.69) is 4.98 Å². The van der Waals surface area contributed by atoms with Gasteiger partial charge in [0.2, 0.25) is 0 Å². The van der Waals surface area contributed by atoms with Gasteiger partial charge in [0.15, 0.2) is 0 Å². The normalized spacial score (nSPS) is 11.2. The second kappa shape index (κ2) is 6.42. The highest BCUT2D eigenvalue weighted by Crippen LogP contribution is 2.30. The predicted octanol–water partition coefficient (Wildman–Crippen LogP) is 3.33. The highest BCUT2D eigenvalue weighted by molar-refractivity contribution is 7.17. The first-order chi connectivity index (χ1) is 10.8. The first-order valence-corrected chi connectivity index (χ1v) is 8.19. The van der Waals surface area contributed by atoms with Crippen LogP contribution < -0.4 is 5.56 Å². The van der Waals surface area contributed by atoms with Crippen molar-refractivity contribution in [3.8, 4) is 11.1 Å². The van der Waals surface area contributed by atoms with E-state index in [0.29, 0.717) is 18.5 Å². The number of rotatable bonds is 5. The van der Waals surface area contributed by atoms with E-state index >= 15 is 0 Å². The fourth-order valence-electron chi connectivity index (χ4n) is 2.58. The van der Waals surface area contributed by atoms with E-state index in [4.69, 9.17) is 4.74 Å². The molecule has 1 aromatic carbocycles. The number of methoxy groups -OCH3 is 1. The van der Waals surface area contributed by atoms with Crippen molar-refractivity contribution in [1.82, 2.24) is 9.55 Å². The van der Waals surface area contributed by atoms with Crippen LogP contribution in [0.3, 0.4) is 0 Å². The van der Waals surface area contributed by atoms with Gasteiger partial charge in [-0.1, -0.05) is 37.3 Å². The fourth-order valence-corrected chi connectivity index (χ4v) is 3.54. The smallest absolute Gasteiger partial charge is 0.262 e. The minimum Gasteiger partial charge on any atom is -0.383 e. The summed E-state index contributed by atoms with van der Waals surface area (Å²) in [5, 5.41) is 2.73. The van der Waals surface area contributed by atoms with E-state index in [1.54, 1.807) is 11.7 Å². The van der Waals surface area contributed by atoms with Crippen LogP contribution in [0, 0.1) is 0 Å². The molecular formula is C17H18N2O2S. The van der Waals surface area contributed by atoms with Crippen LogP contribution in [-0.4, -0.2) is 23.3 Å². The van der Waals surface area contributed by atoms with Crippen LogP contribution in [0.1, 0.15) is 12.7 Å². The molecule has 22 heavy (non-hydrogen) atoms. The van der Waals surface area contributed by atoms with Gasteiger partial charge in [-0.25, -0.2) is 4.98 Å². The Bertz CT molecular complexity index is 837. The van der Waals surface area contributed by atoms with Crippen LogP contribution in [0.25, 0.3) is 21.3 Å². The third-order valence-corrected chi connectivity index (χ3v) is 4.57. The summed E-state index contributed by atoms with van der Waals surface area (Å²) >= 11 is 1.53. The minimum atomic E-state index is 0.0269. The molecule has 0 radical (unpaired) electrons. The Hall–Kier alpha value is -1.98. The number of thiophene rings is 1. The molecule has 2 aromatic heterocycles. The largest absolute Gasteiger partial charge is 0.383 e. The van der Waals surface area contributed by atoms with Crippen LogP contribution in [0.5, 0.6) is 0 Å². The molecule has 3 aromatic rings. The van der Waals surface area contributed by atoms with E-state index < -0.39 is 0 Å². The molecule has 114 valence electrons. The van der Waals surface area contributed by atoms with Crippen molar-refractivity contribution in [2.45, 2.75) is 19.9 Å². The molecule has 0 saturated carbocycles. The second-order valence-electron chi connectivity index (χ2n) is 5.03. The molecule has 0 atom stereocenters. The van der Waals surface area contributed by atoms with E-state index in [-0.39, 0.29) is 5.56 Å². The number of ether oxygens (including phenoxy) is 1. The third-order valence-electron chi connectivity index (χ3n) is 3.69. The Labute approximate surface area is 133 Å². The van der Waals surface area contributed by atoms with E-state index in [9.17, 15) is 4.79 Å². The van der Waals surface area contributed by atoms with Gasteiger partial charge in [-0.2, -0.15) is 0 Å². The van der Waals surface area contributed by atoms with Crippen molar-refractivity contribution in [2.75, 3.05) is 13.7 Å². The van der Waals surface area contributed by atoms with E-state index in [1.165, 1.54) is 11.3 Å². The van der Waals surface area contributed by atoms with Crippen LogP contribution in [-0.2, 0) is 17.7 Å². The number of hydrogen-bond donors (Lipinski definition) is 0. The van der Waals surface area contributed by atoms with E-state index in [1.807, 2.05) is 42.6 Å². The van der Waals surface area contributed by atoms with Crippen molar-refractivity contribution in [1.29, 1.82) is 0 Å². The zero-order valence-electron chi connectivity index (χ0n) is 12.7. The number of nitrogens with zero attached hydrogens (tertiary/aromatic N) is 2. The molecule has 2 heterocycles. The molecule has 0 spiro atoms. The van der Waals surface area contributed by atoms with Crippen molar-refractivity contribution in [3.05, 3.63) is 51.9 Å². The fraction of sp³-hybridized carbons (Fsp3) is 0.294. The summed E-state index contributed by atoms with van der Waals surface area (Å²) in [6, 6.07) is 9.98. The molecule has 3 rings (SSSR count). The Morgan fingerprint density at radius 3 is 2.73 bits per heavy atom. The lowest BCUT2D eigenvalue weighted by atomic mass is 10.1. The van der Waals surface area contributed by atoms with Crippen molar-refractivity contribution in [3.63, 3.8) is 0 Å². The Balaban J connectivity index is 2.24. The molecule has 0 amide bonds. The topological polar surface area (TPSA) is 44.1 Å². The predicted molar refractivity (Wildman–Crippen MR) is 90.6 cm³/mol. The summed E-state index contributed by atoms with van der Waals surface area (Å²) in [6.07, 6.45) is 0.730. The molecule has 0 N–H and O–H groups in total. The molecule has 0 aliphatic rings. The lowest BCUT2D eigenvalue weighted by Gasteiger charge is -2.11. The van der Waals surface area contributed by atoms with Gasteiger partial charge < -0.3 is 4.74 Å². The number of aromatic nitrogens is 2. The van der Waals surface area contributed by atoms with Gasteiger partial charge in [0, 0.05) is 24.5 Å². The Morgan fingerprint density at radius 2 is 2.05 bits per heavy atom. The first-order valence-electron chi connectivity index (χ1n) is 7.31. The van der Waals surface area contributed by atoms with Gasteiger partial charge in [0.25, 0.3) is 5.56 Å². The van der Waals surface area contributed by atoms with Crippen molar-refractivity contribution >= 4 is 21.6 Å². The van der Waals surface area contributed by atoms with Crippen LogP contribution in [0.15, 0.2) is 40.5 Å². The lowest BCUT2D eigenvalue weighted by molar-refractivity contribution is 0.185. The number of fused-ring (bicyclic) bond motifs is 1. The molecule has 0 unspecified atom stereocenters. The van der Waals surface area contributed by atoms with Crippen LogP contribution >= 0.6 is 11.3 Å². The standard InChI is InChI=1S/C17H18N2O2S/c1-3-14-18-16-15(17(20)19(14)9-10-21-2)13(11-22-16)12-7-5-4-6-8-12/h4-8,11H,3,9-10H2,1-2H3. The van der Waals surface area contributed by atoms with Crippen molar-refractivity contribution in [2.24, 2.45) is 0 Å². The second-order valence-corrected chi connectivity index (χ2v) is 5.88. The average Bonchev–Trinajstić information content (AvgIpc) is 2.98. The molecule has 0 saturated heterocycles. The summed E-state index contributed by atoms with van der Waals surface area (Å²) in [7, 11) is 1.64. The maximum absolute atomic E-state index is 12.9.